The molecule has 0 unspecified atom stereocenters. The van der Waals surface area contributed by atoms with Gasteiger partial charge in [0, 0.05) is 23.5 Å². The summed E-state index contributed by atoms with van der Waals surface area (Å²) in [6.45, 7) is 4.75. The predicted octanol–water partition coefficient (Wildman–Crippen LogP) is 0.419. The molecule has 5 nitrogen and oxygen atoms in total. The highest BCUT2D eigenvalue weighted by Crippen LogP contribution is 2.12. The summed E-state index contributed by atoms with van der Waals surface area (Å²) in [6.07, 6.45) is 0.836. The molecule has 2 N–H and O–H groups in total. The molecule has 1 amide bonds. The molecular formula is C11H16N2O3. The van der Waals surface area contributed by atoms with Gasteiger partial charge in [0.05, 0.1) is 6.61 Å². The van der Waals surface area contributed by atoms with E-state index >= 15 is 0 Å². The second-order valence-electron chi connectivity index (χ2n) is 3.61. The zero-order valence-electron chi connectivity index (χ0n) is 9.53. The van der Waals surface area contributed by atoms with E-state index in [2.05, 4.69) is 0 Å². The van der Waals surface area contributed by atoms with E-state index in [1.807, 2.05) is 24.5 Å². The highest BCUT2D eigenvalue weighted by molar-refractivity contribution is 5.77. The van der Waals surface area contributed by atoms with Crippen LogP contribution >= 0.6 is 0 Å². The van der Waals surface area contributed by atoms with Crippen molar-refractivity contribution in [3.8, 4) is 0 Å². The molecule has 0 aromatic carbocycles. The molecular weight excluding hydrogens is 208 g/mol. The summed E-state index contributed by atoms with van der Waals surface area (Å²) < 4.78 is 7.05. The Balaban J connectivity index is 2.56. The molecule has 5 heteroatoms. The fraction of sp³-hybridized carbons (Fsp3) is 0.455. The summed E-state index contributed by atoms with van der Waals surface area (Å²) in [4.78, 5) is 21.1. The monoisotopic (exact) mass is 224 g/mol. The standard InChI is InChI=1S/C11H16N2O3/c1-8-5-10(6-14)9(2)13(8)3-4-16-7-11(12)15/h5-6H,3-4,7H2,1-2H3,(H2,12,15). The van der Waals surface area contributed by atoms with Crippen LogP contribution < -0.4 is 5.73 Å². The Morgan fingerprint density at radius 2 is 2.25 bits per heavy atom. The van der Waals surface area contributed by atoms with E-state index in [0.717, 1.165) is 17.7 Å². The molecule has 1 aromatic heterocycles. The molecule has 0 saturated carbocycles. The van der Waals surface area contributed by atoms with Crippen LogP contribution in [0.3, 0.4) is 0 Å². The maximum atomic E-state index is 10.7. The van der Waals surface area contributed by atoms with E-state index < -0.39 is 5.91 Å². The highest BCUT2D eigenvalue weighted by Gasteiger charge is 2.07. The lowest BCUT2D eigenvalue weighted by molar-refractivity contribution is -0.122. The lowest BCUT2D eigenvalue weighted by Gasteiger charge is -2.09. The maximum absolute atomic E-state index is 10.7. The highest BCUT2D eigenvalue weighted by atomic mass is 16.5. The van der Waals surface area contributed by atoms with Gasteiger partial charge in [-0.3, -0.25) is 9.59 Å². The van der Waals surface area contributed by atoms with Gasteiger partial charge < -0.3 is 15.0 Å². The van der Waals surface area contributed by atoms with E-state index in [4.69, 9.17) is 10.5 Å². The number of carbonyl (C=O) groups is 2. The average Bonchev–Trinajstić information content (AvgIpc) is 2.50. The van der Waals surface area contributed by atoms with Crippen molar-refractivity contribution in [3.63, 3.8) is 0 Å². The number of aromatic nitrogens is 1. The Kier molecular flexibility index (Phi) is 4.25. The SMILES string of the molecule is Cc1cc(C=O)c(C)n1CCOCC(N)=O. The summed E-state index contributed by atoms with van der Waals surface area (Å²) in [5.41, 5.74) is 7.54. The normalized spacial score (nSPS) is 10.4. The Bertz CT molecular complexity index is 396. The number of ether oxygens (including phenoxy) is 1. The number of amides is 1. The number of nitrogens with two attached hydrogens (primary N) is 1. The number of primary amides is 1. The van der Waals surface area contributed by atoms with Crippen LogP contribution in [0.15, 0.2) is 6.07 Å². The van der Waals surface area contributed by atoms with E-state index in [-0.39, 0.29) is 6.61 Å². The number of hydrogen-bond donors (Lipinski definition) is 1. The zero-order valence-corrected chi connectivity index (χ0v) is 9.53. The van der Waals surface area contributed by atoms with Gasteiger partial charge in [-0.05, 0) is 19.9 Å². The van der Waals surface area contributed by atoms with Gasteiger partial charge in [-0.15, -0.1) is 0 Å². The van der Waals surface area contributed by atoms with E-state index in [9.17, 15) is 9.59 Å². The number of nitrogens with zero attached hydrogens (tertiary/aromatic N) is 1. The van der Waals surface area contributed by atoms with Gasteiger partial charge in [0.15, 0.2) is 6.29 Å². The summed E-state index contributed by atoms with van der Waals surface area (Å²) in [5.74, 6) is -0.477. The Labute approximate surface area is 94.2 Å². The van der Waals surface area contributed by atoms with Gasteiger partial charge in [-0.25, -0.2) is 0 Å². The van der Waals surface area contributed by atoms with Crippen molar-refractivity contribution in [2.24, 2.45) is 5.73 Å². The molecule has 1 heterocycles. The van der Waals surface area contributed by atoms with Crippen molar-refractivity contribution in [2.45, 2.75) is 20.4 Å². The number of aryl methyl sites for hydroxylation is 1. The third kappa shape index (κ3) is 2.93. The fourth-order valence-corrected chi connectivity index (χ4v) is 1.62. The summed E-state index contributed by atoms with van der Waals surface area (Å²) in [5, 5.41) is 0. The zero-order chi connectivity index (χ0) is 12.1. The van der Waals surface area contributed by atoms with Crippen LogP contribution in [-0.4, -0.2) is 30.0 Å². The Morgan fingerprint density at radius 3 is 2.75 bits per heavy atom. The van der Waals surface area contributed by atoms with Crippen molar-refractivity contribution >= 4 is 12.2 Å². The van der Waals surface area contributed by atoms with Gasteiger partial charge >= 0.3 is 0 Å². The first-order valence-electron chi connectivity index (χ1n) is 5.04. The minimum Gasteiger partial charge on any atom is -0.370 e. The molecule has 88 valence electrons. The first-order valence-corrected chi connectivity index (χ1v) is 5.04. The topological polar surface area (TPSA) is 74.3 Å². The Hall–Kier alpha value is -1.62. The molecule has 0 radical (unpaired) electrons. The lowest BCUT2D eigenvalue weighted by Crippen LogP contribution is -2.20. The van der Waals surface area contributed by atoms with Crippen molar-refractivity contribution < 1.29 is 14.3 Å². The molecule has 0 aliphatic rings. The molecule has 0 bridgehead atoms. The van der Waals surface area contributed by atoms with Crippen LogP contribution in [0.2, 0.25) is 0 Å². The summed E-state index contributed by atoms with van der Waals surface area (Å²) in [6, 6.07) is 1.83. The van der Waals surface area contributed by atoms with Crippen LogP contribution in [-0.2, 0) is 16.1 Å². The quantitative estimate of drug-likeness (QED) is 0.562. The van der Waals surface area contributed by atoms with Gasteiger partial charge in [-0.1, -0.05) is 0 Å². The van der Waals surface area contributed by atoms with Crippen LogP contribution in [0.1, 0.15) is 21.7 Å². The minimum absolute atomic E-state index is 0.0695. The van der Waals surface area contributed by atoms with Gasteiger partial charge in [0.1, 0.15) is 6.61 Å². The van der Waals surface area contributed by atoms with Gasteiger partial charge in [0.2, 0.25) is 5.91 Å². The number of aldehydes is 1. The van der Waals surface area contributed by atoms with Crippen LogP contribution in [0.5, 0.6) is 0 Å². The number of carbonyl (C=O) groups excluding carboxylic acids is 2. The third-order valence-electron chi connectivity index (χ3n) is 2.44. The van der Waals surface area contributed by atoms with E-state index in [1.165, 1.54) is 0 Å². The largest absolute Gasteiger partial charge is 0.370 e. The van der Waals surface area contributed by atoms with Gasteiger partial charge in [0.25, 0.3) is 0 Å². The molecule has 0 spiro atoms. The molecule has 0 atom stereocenters. The predicted molar refractivity (Wildman–Crippen MR) is 59.3 cm³/mol. The van der Waals surface area contributed by atoms with Crippen molar-refractivity contribution in [1.29, 1.82) is 0 Å². The second kappa shape index (κ2) is 5.46. The van der Waals surface area contributed by atoms with Gasteiger partial charge in [-0.2, -0.15) is 0 Å². The summed E-state index contributed by atoms with van der Waals surface area (Å²) >= 11 is 0. The number of hydrogen-bond acceptors (Lipinski definition) is 3. The van der Waals surface area contributed by atoms with Crippen LogP contribution in [0.25, 0.3) is 0 Å². The summed E-state index contributed by atoms with van der Waals surface area (Å²) in [7, 11) is 0. The third-order valence-corrected chi connectivity index (χ3v) is 2.44. The van der Waals surface area contributed by atoms with Crippen molar-refractivity contribution in [1.82, 2.24) is 4.57 Å². The van der Waals surface area contributed by atoms with E-state index in [0.29, 0.717) is 18.7 Å². The first-order chi connectivity index (χ1) is 7.56. The van der Waals surface area contributed by atoms with Crippen LogP contribution in [0.4, 0.5) is 0 Å². The van der Waals surface area contributed by atoms with Crippen molar-refractivity contribution in [2.75, 3.05) is 13.2 Å². The van der Waals surface area contributed by atoms with Crippen LogP contribution in [0, 0.1) is 13.8 Å². The molecule has 0 aliphatic carbocycles. The fourth-order valence-electron chi connectivity index (χ4n) is 1.62. The molecule has 0 aliphatic heterocycles. The number of rotatable bonds is 6. The minimum atomic E-state index is -0.477. The molecule has 0 saturated heterocycles. The molecule has 0 fully saturated rings. The molecule has 1 aromatic rings. The van der Waals surface area contributed by atoms with Crippen molar-refractivity contribution in [3.05, 3.63) is 23.0 Å². The molecule has 1 rings (SSSR count). The van der Waals surface area contributed by atoms with E-state index in [1.54, 1.807) is 0 Å². The second-order valence-corrected chi connectivity index (χ2v) is 3.61. The molecule has 16 heavy (non-hydrogen) atoms. The lowest BCUT2D eigenvalue weighted by atomic mass is 10.3. The maximum Gasteiger partial charge on any atom is 0.243 e. The Morgan fingerprint density at radius 1 is 1.56 bits per heavy atom. The average molecular weight is 224 g/mol. The first kappa shape index (κ1) is 12.4. The smallest absolute Gasteiger partial charge is 0.243 e.